The van der Waals surface area contributed by atoms with Crippen molar-refractivity contribution in [2.75, 3.05) is 32.8 Å². The zero-order valence-corrected chi connectivity index (χ0v) is 21.1. The van der Waals surface area contributed by atoms with E-state index in [0.29, 0.717) is 12.1 Å². The molecule has 204 valence electrons. The van der Waals surface area contributed by atoms with Crippen LogP contribution in [0, 0.1) is 11.6 Å². The molecule has 0 aliphatic carbocycles. The molecule has 3 N–H and O–H groups in total. The fraction of sp³-hybridized carbons (Fsp3) is 0.310. The molecule has 0 aromatic heterocycles. The van der Waals surface area contributed by atoms with E-state index in [4.69, 9.17) is 9.47 Å². The Morgan fingerprint density at radius 3 is 2.28 bits per heavy atom. The number of hydrogen-bond donors (Lipinski definition) is 3. The maximum absolute atomic E-state index is 14.7. The molecule has 8 nitrogen and oxygen atoms in total. The van der Waals surface area contributed by atoms with Crippen molar-refractivity contribution in [1.29, 1.82) is 0 Å². The van der Waals surface area contributed by atoms with E-state index in [2.05, 4.69) is 15.4 Å². The van der Waals surface area contributed by atoms with Gasteiger partial charge in [-0.15, -0.1) is 0 Å². The monoisotopic (exact) mass is 537 g/mol. The number of carbonyl (C=O) groups excluding carboxylic acids is 1. The van der Waals surface area contributed by atoms with Crippen LogP contribution in [0.25, 0.3) is 11.1 Å². The summed E-state index contributed by atoms with van der Waals surface area (Å²) in [7, 11) is 0. The second-order valence-electron chi connectivity index (χ2n) is 9.59. The highest BCUT2D eigenvalue weighted by Crippen LogP contribution is 2.36. The number of hydrogen-bond acceptors (Lipinski definition) is 7. The first kappa shape index (κ1) is 26.6. The number of ether oxygens (including phenoxy) is 2. The average Bonchev–Trinajstić information content (AvgIpc) is 3.47. The molecule has 0 bridgehead atoms. The minimum Gasteiger partial charge on any atom is -0.486 e. The zero-order valence-electron chi connectivity index (χ0n) is 21.1. The van der Waals surface area contributed by atoms with Crippen LogP contribution in [0.4, 0.5) is 8.78 Å². The van der Waals surface area contributed by atoms with Crippen molar-refractivity contribution < 1.29 is 33.4 Å². The Balaban J connectivity index is 1.36. The first-order valence-corrected chi connectivity index (χ1v) is 12.8. The van der Waals surface area contributed by atoms with Crippen LogP contribution in [0.2, 0.25) is 0 Å². The number of aliphatic hydroxyl groups is 1. The first-order chi connectivity index (χ1) is 18.9. The van der Waals surface area contributed by atoms with Gasteiger partial charge in [0, 0.05) is 12.1 Å². The van der Waals surface area contributed by atoms with Gasteiger partial charge in [-0.3, -0.25) is 4.79 Å². The average molecular weight is 538 g/mol. The summed E-state index contributed by atoms with van der Waals surface area (Å²) in [6.45, 7) is 2.41. The molecule has 2 aliphatic rings. The third-order valence-corrected chi connectivity index (χ3v) is 6.96. The lowest BCUT2D eigenvalue weighted by atomic mass is 9.99. The van der Waals surface area contributed by atoms with Crippen LogP contribution in [-0.2, 0) is 4.79 Å². The molecule has 3 aromatic carbocycles. The fourth-order valence-electron chi connectivity index (χ4n) is 4.94. The normalized spacial score (nSPS) is 17.1. The summed E-state index contributed by atoms with van der Waals surface area (Å²) < 4.78 is 38.8. The molecule has 3 aromatic rings. The molecular weight excluding hydrogens is 508 g/mol. The Labute approximate surface area is 224 Å². The summed E-state index contributed by atoms with van der Waals surface area (Å²) >= 11 is 0. The number of carbonyl (C=O) groups is 1. The maximum Gasteiger partial charge on any atom is 0.274 e. The topological polar surface area (TPSA) is 104 Å². The molecule has 39 heavy (non-hydrogen) atoms. The first-order valence-electron chi connectivity index (χ1n) is 12.8. The summed E-state index contributed by atoms with van der Waals surface area (Å²) in [5.74, 6) is -1.51. The molecule has 0 spiro atoms. The van der Waals surface area contributed by atoms with Crippen LogP contribution < -0.4 is 14.8 Å². The van der Waals surface area contributed by atoms with E-state index in [1.807, 2.05) is 0 Å². The number of halogens is 2. The number of amides is 1. The maximum atomic E-state index is 14.7. The van der Waals surface area contributed by atoms with Crippen LogP contribution in [0.1, 0.15) is 30.1 Å². The van der Waals surface area contributed by atoms with Crippen molar-refractivity contribution in [2.45, 2.75) is 25.0 Å². The highest BCUT2D eigenvalue weighted by Gasteiger charge is 2.30. The number of rotatable bonds is 8. The highest BCUT2D eigenvalue weighted by molar-refractivity contribution is 6.45. The van der Waals surface area contributed by atoms with Crippen molar-refractivity contribution in [3.05, 3.63) is 83.4 Å². The Hall–Kier alpha value is -4.02. The Morgan fingerprint density at radius 2 is 1.62 bits per heavy atom. The van der Waals surface area contributed by atoms with Gasteiger partial charge in [-0.05, 0) is 66.9 Å². The number of oxime groups is 1. The summed E-state index contributed by atoms with van der Waals surface area (Å²) in [5.41, 5.74) is 1.91. The third kappa shape index (κ3) is 6.02. The molecule has 1 amide bonds. The number of benzene rings is 3. The van der Waals surface area contributed by atoms with Gasteiger partial charge in [-0.25, -0.2) is 8.78 Å². The predicted molar refractivity (Wildman–Crippen MR) is 140 cm³/mol. The van der Waals surface area contributed by atoms with Gasteiger partial charge in [-0.2, -0.15) is 0 Å². The summed E-state index contributed by atoms with van der Waals surface area (Å²) in [5, 5.41) is 27.0. The number of fused-ring (bicyclic) bond motifs is 1. The number of aliphatic hydroxyl groups excluding tert-OH is 1. The van der Waals surface area contributed by atoms with Crippen molar-refractivity contribution in [1.82, 2.24) is 10.2 Å². The van der Waals surface area contributed by atoms with Gasteiger partial charge >= 0.3 is 0 Å². The van der Waals surface area contributed by atoms with Crippen molar-refractivity contribution in [3.8, 4) is 22.6 Å². The molecule has 1 saturated heterocycles. The second kappa shape index (κ2) is 11.8. The van der Waals surface area contributed by atoms with Crippen LogP contribution in [0.5, 0.6) is 11.5 Å². The van der Waals surface area contributed by atoms with Gasteiger partial charge < -0.3 is 30.0 Å². The second-order valence-corrected chi connectivity index (χ2v) is 9.59. The number of nitrogens with zero attached hydrogens (tertiary/aromatic N) is 2. The molecule has 2 aliphatic heterocycles. The molecule has 10 heteroatoms. The Bertz CT molecular complexity index is 1340. The van der Waals surface area contributed by atoms with Crippen LogP contribution >= 0.6 is 0 Å². The predicted octanol–water partition coefficient (Wildman–Crippen LogP) is 3.90. The van der Waals surface area contributed by atoms with E-state index in [1.54, 1.807) is 36.4 Å². The van der Waals surface area contributed by atoms with Gasteiger partial charge in [0.1, 0.15) is 25.1 Å². The van der Waals surface area contributed by atoms with Gasteiger partial charge in [0.2, 0.25) is 0 Å². The van der Waals surface area contributed by atoms with Gasteiger partial charge in [0.15, 0.2) is 23.0 Å². The van der Waals surface area contributed by atoms with E-state index in [0.717, 1.165) is 37.1 Å². The van der Waals surface area contributed by atoms with E-state index in [9.17, 15) is 23.9 Å². The number of nitrogens with one attached hydrogen (secondary N) is 1. The third-order valence-electron chi connectivity index (χ3n) is 6.96. The number of likely N-dealkylation sites (tertiary alicyclic amines) is 1. The smallest absolute Gasteiger partial charge is 0.274 e. The molecule has 1 fully saturated rings. The van der Waals surface area contributed by atoms with Gasteiger partial charge in [0.05, 0.1) is 6.04 Å². The lowest BCUT2D eigenvalue weighted by molar-refractivity contribution is -0.116. The quantitative estimate of drug-likeness (QED) is 0.229. The van der Waals surface area contributed by atoms with E-state index < -0.39 is 23.9 Å². The molecule has 2 heterocycles. The standard InChI is InChI=1S/C29H29F2N3O5/c30-22-9-7-19(8-10-22)18-3-5-20(6-4-18)26(33-37)29(36)32-24(17-34-11-1-2-12-34)27(35)21-15-23(31)28-25(16-21)38-13-14-39-28/h3-10,15-16,24,27,35,37H,1-2,11-14,17H2,(H,32,36)/b33-26+. The molecule has 2 atom stereocenters. The lowest BCUT2D eigenvalue weighted by Gasteiger charge is -2.29. The van der Waals surface area contributed by atoms with Crippen LogP contribution in [0.3, 0.4) is 0 Å². The van der Waals surface area contributed by atoms with Crippen LogP contribution in [-0.4, -0.2) is 65.7 Å². The van der Waals surface area contributed by atoms with E-state index in [-0.39, 0.29) is 41.8 Å². The van der Waals surface area contributed by atoms with Crippen molar-refractivity contribution >= 4 is 11.6 Å². The van der Waals surface area contributed by atoms with Crippen molar-refractivity contribution in [2.24, 2.45) is 5.16 Å². The van der Waals surface area contributed by atoms with E-state index in [1.165, 1.54) is 24.3 Å². The molecule has 2 unspecified atom stereocenters. The molecule has 0 radical (unpaired) electrons. The van der Waals surface area contributed by atoms with Gasteiger partial charge in [-0.1, -0.05) is 41.6 Å². The Kier molecular flexibility index (Phi) is 8.04. The Morgan fingerprint density at radius 1 is 0.974 bits per heavy atom. The SMILES string of the molecule is O=C(NC(CN1CCCC1)C(O)c1cc(F)c2c(c1)OCCO2)/C(=N/O)c1ccc(-c2ccc(F)cc2)cc1. The largest absolute Gasteiger partial charge is 0.486 e. The highest BCUT2D eigenvalue weighted by atomic mass is 19.1. The lowest BCUT2D eigenvalue weighted by Crippen LogP contribution is -2.49. The minimum atomic E-state index is -1.28. The summed E-state index contributed by atoms with van der Waals surface area (Å²) in [6.07, 6.45) is 0.721. The van der Waals surface area contributed by atoms with Crippen LogP contribution in [0.15, 0.2) is 65.8 Å². The van der Waals surface area contributed by atoms with Gasteiger partial charge in [0.25, 0.3) is 5.91 Å². The molecule has 5 rings (SSSR count). The van der Waals surface area contributed by atoms with Crippen molar-refractivity contribution in [3.63, 3.8) is 0 Å². The molecular formula is C29H29F2N3O5. The minimum absolute atomic E-state index is 0.00360. The van der Waals surface area contributed by atoms with E-state index >= 15 is 0 Å². The zero-order chi connectivity index (χ0) is 27.4. The fourth-order valence-corrected chi connectivity index (χ4v) is 4.94. The summed E-state index contributed by atoms with van der Waals surface area (Å²) in [4.78, 5) is 15.4. The molecule has 0 saturated carbocycles. The summed E-state index contributed by atoms with van der Waals surface area (Å²) in [6, 6.07) is 14.6.